The Kier molecular flexibility index (Phi) is 4.51. The summed E-state index contributed by atoms with van der Waals surface area (Å²) < 4.78 is 25.0. The average molecular weight is 356 g/mol. The fraction of sp³-hybridized carbons (Fsp3) is 0.350. The minimum Gasteiger partial charge on any atom is -0.494 e. The van der Waals surface area contributed by atoms with Crippen molar-refractivity contribution in [1.82, 2.24) is 4.90 Å². The van der Waals surface area contributed by atoms with Crippen molar-refractivity contribution in [2.45, 2.75) is 25.1 Å². The summed E-state index contributed by atoms with van der Waals surface area (Å²) in [5, 5.41) is 3.37. The van der Waals surface area contributed by atoms with Gasteiger partial charge in [-0.05, 0) is 42.7 Å². The van der Waals surface area contributed by atoms with Crippen LogP contribution in [0.5, 0.6) is 5.75 Å². The summed E-state index contributed by atoms with van der Waals surface area (Å²) in [5.41, 5.74) is 2.04. The Morgan fingerprint density at radius 1 is 1.31 bits per heavy atom. The van der Waals surface area contributed by atoms with Crippen molar-refractivity contribution < 1.29 is 18.7 Å². The second-order valence-corrected chi connectivity index (χ2v) is 6.58. The lowest BCUT2D eigenvalue weighted by Crippen LogP contribution is -2.46. The number of hydrogen-bond donors (Lipinski definition) is 1. The van der Waals surface area contributed by atoms with Crippen LogP contribution in [0.4, 0.5) is 10.1 Å². The van der Waals surface area contributed by atoms with Gasteiger partial charge in [0.15, 0.2) is 11.6 Å². The van der Waals surface area contributed by atoms with Crippen LogP contribution in [0.2, 0.25) is 0 Å². The number of hydrogen-bond acceptors (Lipinski definition) is 4. The van der Waals surface area contributed by atoms with E-state index in [1.165, 1.54) is 13.2 Å². The van der Waals surface area contributed by atoms with Crippen molar-refractivity contribution in [1.29, 1.82) is 0 Å². The predicted octanol–water partition coefficient (Wildman–Crippen LogP) is 3.58. The van der Waals surface area contributed by atoms with E-state index in [0.717, 1.165) is 25.1 Å². The third kappa shape index (κ3) is 3.01. The molecule has 0 saturated carbocycles. The quantitative estimate of drug-likeness (QED) is 0.910. The van der Waals surface area contributed by atoms with Gasteiger partial charge in [0.2, 0.25) is 0 Å². The van der Waals surface area contributed by atoms with E-state index in [-0.39, 0.29) is 17.8 Å². The van der Waals surface area contributed by atoms with Gasteiger partial charge in [-0.3, -0.25) is 4.79 Å². The first-order chi connectivity index (χ1) is 12.7. The van der Waals surface area contributed by atoms with Crippen LogP contribution >= 0.6 is 0 Å². The molecule has 26 heavy (non-hydrogen) atoms. The molecule has 5 nitrogen and oxygen atoms in total. The molecular weight excluding hydrogens is 335 g/mol. The number of amides is 1. The molecule has 0 aromatic heterocycles. The summed E-state index contributed by atoms with van der Waals surface area (Å²) in [4.78, 5) is 14.8. The SMILES string of the molecule is COc1ccc(C2Nc3ccccc3C(=O)N2CC2CCCO2)cc1F. The highest BCUT2D eigenvalue weighted by Crippen LogP contribution is 2.35. The average Bonchev–Trinajstić information content (AvgIpc) is 3.17. The highest BCUT2D eigenvalue weighted by molar-refractivity contribution is 6.01. The van der Waals surface area contributed by atoms with E-state index in [1.54, 1.807) is 23.1 Å². The molecule has 1 fully saturated rings. The molecule has 1 amide bonds. The third-order valence-electron chi connectivity index (χ3n) is 4.94. The summed E-state index contributed by atoms with van der Waals surface area (Å²) >= 11 is 0. The van der Waals surface area contributed by atoms with Crippen molar-refractivity contribution >= 4 is 11.6 Å². The Morgan fingerprint density at radius 2 is 2.15 bits per heavy atom. The largest absolute Gasteiger partial charge is 0.494 e. The van der Waals surface area contributed by atoms with E-state index in [2.05, 4.69) is 5.32 Å². The number of nitrogens with zero attached hydrogens (tertiary/aromatic N) is 1. The van der Waals surface area contributed by atoms with Gasteiger partial charge in [0, 0.05) is 18.8 Å². The van der Waals surface area contributed by atoms with E-state index < -0.39 is 12.0 Å². The van der Waals surface area contributed by atoms with Gasteiger partial charge in [-0.15, -0.1) is 0 Å². The summed E-state index contributed by atoms with van der Waals surface area (Å²) in [6.07, 6.45) is 1.48. The highest BCUT2D eigenvalue weighted by atomic mass is 19.1. The smallest absolute Gasteiger partial charge is 0.257 e. The fourth-order valence-corrected chi connectivity index (χ4v) is 3.60. The number of nitrogens with one attached hydrogen (secondary N) is 1. The Labute approximate surface area is 151 Å². The number of carbonyl (C=O) groups is 1. The molecule has 136 valence electrons. The van der Waals surface area contributed by atoms with E-state index >= 15 is 0 Å². The Balaban J connectivity index is 1.71. The number of para-hydroxylation sites is 1. The maximum atomic E-state index is 14.2. The lowest BCUT2D eigenvalue weighted by atomic mass is 10.0. The standard InChI is InChI=1S/C20H21FN2O3/c1-25-18-9-8-13(11-16(18)21)19-22-17-7-3-2-6-15(17)20(24)23(19)12-14-5-4-10-26-14/h2-3,6-9,11,14,19,22H,4-5,10,12H2,1H3. The second kappa shape index (κ2) is 6.96. The minimum absolute atomic E-state index is 0.0107. The molecule has 2 heterocycles. The predicted molar refractivity (Wildman–Crippen MR) is 95.8 cm³/mol. The fourth-order valence-electron chi connectivity index (χ4n) is 3.60. The van der Waals surface area contributed by atoms with Gasteiger partial charge in [0.25, 0.3) is 5.91 Å². The number of ether oxygens (including phenoxy) is 2. The molecule has 0 bridgehead atoms. The zero-order valence-corrected chi connectivity index (χ0v) is 14.6. The molecule has 4 rings (SSSR count). The molecule has 1 saturated heterocycles. The molecule has 2 aliphatic heterocycles. The molecule has 2 atom stereocenters. The van der Waals surface area contributed by atoms with Crippen molar-refractivity contribution in [3.05, 3.63) is 59.4 Å². The number of benzene rings is 2. The first-order valence-electron chi connectivity index (χ1n) is 8.79. The Bertz CT molecular complexity index is 820. The van der Waals surface area contributed by atoms with Crippen LogP contribution in [0.25, 0.3) is 0 Å². The van der Waals surface area contributed by atoms with Crippen molar-refractivity contribution in [3.63, 3.8) is 0 Å². The number of halogens is 1. The lowest BCUT2D eigenvalue weighted by molar-refractivity contribution is 0.0426. The zero-order valence-electron chi connectivity index (χ0n) is 14.6. The normalized spacial score (nSPS) is 22.1. The van der Waals surface area contributed by atoms with Crippen LogP contribution in [0.1, 0.15) is 34.9 Å². The molecule has 6 heteroatoms. The van der Waals surface area contributed by atoms with Crippen LogP contribution < -0.4 is 10.1 Å². The van der Waals surface area contributed by atoms with Crippen molar-refractivity contribution in [2.24, 2.45) is 0 Å². The van der Waals surface area contributed by atoms with Crippen molar-refractivity contribution in [2.75, 3.05) is 25.6 Å². The number of rotatable bonds is 4. The number of carbonyl (C=O) groups excluding carboxylic acids is 1. The molecule has 2 aromatic rings. The van der Waals surface area contributed by atoms with E-state index in [1.807, 2.05) is 18.2 Å². The minimum atomic E-state index is -0.456. The second-order valence-electron chi connectivity index (χ2n) is 6.58. The van der Waals surface area contributed by atoms with E-state index in [9.17, 15) is 9.18 Å². The van der Waals surface area contributed by atoms with Gasteiger partial charge in [-0.2, -0.15) is 0 Å². The third-order valence-corrected chi connectivity index (χ3v) is 4.94. The summed E-state index contributed by atoms with van der Waals surface area (Å²) in [6, 6.07) is 12.2. The molecule has 2 aliphatic rings. The zero-order chi connectivity index (χ0) is 18.1. The summed E-state index contributed by atoms with van der Waals surface area (Å²) in [6.45, 7) is 1.19. The highest BCUT2D eigenvalue weighted by Gasteiger charge is 2.35. The van der Waals surface area contributed by atoms with Gasteiger partial charge in [0.1, 0.15) is 6.17 Å². The van der Waals surface area contributed by atoms with Crippen LogP contribution in [-0.2, 0) is 4.74 Å². The first kappa shape index (κ1) is 16.8. The van der Waals surface area contributed by atoms with Gasteiger partial charge in [-0.25, -0.2) is 4.39 Å². The van der Waals surface area contributed by atoms with Crippen LogP contribution in [-0.4, -0.2) is 37.2 Å². The molecular formula is C20H21FN2O3. The van der Waals surface area contributed by atoms with Gasteiger partial charge < -0.3 is 19.7 Å². The monoisotopic (exact) mass is 356 g/mol. The number of methoxy groups -OCH3 is 1. The van der Waals surface area contributed by atoms with Gasteiger partial charge in [0.05, 0.1) is 18.8 Å². The van der Waals surface area contributed by atoms with Crippen LogP contribution in [0, 0.1) is 5.82 Å². The molecule has 0 aliphatic carbocycles. The van der Waals surface area contributed by atoms with Crippen molar-refractivity contribution in [3.8, 4) is 5.75 Å². The molecule has 0 radical (unpaired) electrons. The lowest BCUT2D eigenvalue weighted by Gasteiger charge is -2.39. The summed E-state index contributed by atoms with van der Waals surface area (Å²) in [7, 11) is 1.43. The summed E-state index contributed by atoms with van der Waals surface area (Å²) in [5.74, 6) is -0.340. The molecule has 2 unspecified atom stereocenters. The Morgan fingerprint density at radius 3 is 2.88 bits per heavy atom. The molecule has 2 aromatic carbocycles. The Hall–Kier alpha value is -2.60. The van der Waals surface area contributed by atoms with Gasteiger partial charge in [-0.1, -0.05) is 18.2 Å². The van der Waals surface area contributed by atoms with Gasteiger partial charge >= 0.3 is 0 Å². The van der Waals surface area contributed by atoms with Crippen LogP contribution in [0.15, 0.2) is 42.5 Å². The first-order valence-corrected chi connectivity index (χ1v) is 8.79. The molecule has 0 spiro atoms. The topological polar surface area (TPSA) is 50.8 Å². The maximum Gasteiger partial charge on any atom is 0.257 e. The molecule has 1 N–H and O–H groups in total. The number of anilines is 1. The number of fused-ring (bicyclic) bond motifs is 1. The van der Waals surface area contributed by atoms with E-state index in [4.69, 9.17) is 9.47 Å². The van der Waals surface area contributed by atoms with E-state index in [0.29, 0.717) is 17.7 Å². The maximum absolute atomic E-state index is 14.2. The van der Waals surface area contributed by atoms with Crippen LogP contribution in [0.3, 0.4) is 0 Å².